The molecular weight excluding hydrogens is 446 g/mol. The van der Waals surface area contributed by atoms with E-state index in [9.17, 15) is 4.79 Å². The summed E-state index contributed by atoms with van der Waals surface area (Å²) < 4.78 is 14.4. The molecule has 7 heteroatoms. The molecule has 30 heavy (non-hydrogen) atoms. The summed E-state index contributed by atoms with van der Waals surface area (Å²) in [5, 5.41) is 8.39. The third kappa shape index (κ3) is 2.84. The molecule has 0 saturated carbocycles. The maximum atomic E-state index is 12.2. The standard InChI is InChI=1S/C23H20BrN3O3/c1-14-6-17(24)8-18-19(9-28)20(10-30-21(14)18)15-4-3-5-16(7-15)23(11-29-12-23)22-26-25-13-27(22)2/h3-10,13,19H,11-12H2,1-2H3. The largest absolute Gasteiger partial charge is 0.464 e. The third-order valence-corrected chi connectivity index (χ3v) is 6.42. The minimum Gasteiger partial charge on any atom is -0.464 e. The van der Waals surface area contributed by atoms with Crippen molar-refractivity contribution >= 4 is 27.8 Å². The van der Waals surface area contributed by atoms with Crippen molar-refractivity contribution in [2.24, 2.45) is 7.05 Å². The van der Waals surface area contributed by atoms with Gasteiger partial charge in [0.25, 0.3) is 0 Å². The lowest BCUT2D eigenvalue weighted by Gasteiger charge is -2.41. The van der Waals surface area contributed by atoms with Gasteiger partial charge in [-0.05, 0) is 35.7 Å². The molecule has 3 aromatic rings. The van der Waals surface area contributed by atoms with Crippen LogP contribution in [-0.2, 0) is 22.0 Å². The molecular formula is C23H20BrN3O3. The van der Waals surface area contributed by atoms with E-state index < -0.39 is 5.92 Å². The number of allylic oxidation sites excluding steroid dienone is 1. The summed E-state index contributed by atoms with van der Waals surface area (Å²) in [5.74, 6) is 1.22. The molecule has 3 heterocycles. The molecule has 2 aliphatic heterocycles. The maximum absolute atomic E-state index is 12.2. The smallest absolute Gasteiger partial charge is 0.147 e. The molecule has 152 valence electrons. The molecule has 1 unspecified atom stereocenters. The Bertz CT molecular complexity index is 1180. The summed E-state index contributed by atoms with van der Waals surface area (Å²) in [6.45, 7) is 3.07. The van der Waals surface area contributed by atoms with Gasteiger partial charge in [0.15, 0.2) is 0 Å². The van der Waals surface area contributed by atoms with Gasteiger partial charge in [0, 0.05) is 22.7 Å². The highest BCUT2D eigenvalue weighted by atomic mass is 79.9. The minimum absolute atomic E-state index is 0.342. The van der Waals surface area contributed by atoms with Crippen LogP contribution < -0.4 is 4.74 Å². The van der Waals surface area contributed by atoms with Gasteiger partial charge in [-0.15, -0.1) is 10.2 Å². The van der Waals surface area contributed by atoms with Gasteiger partial charge in [-0.1, -0.05) is 40.2 Å². The Morgan fingerprint density at radius 3 is 2.77 bits per heavy atom. The van der Waals surface area contributed by atoms with E-state index in [0.29, 0.717) is 13.2 Å². The third-order valence-electron chi connectivity index (χ3n) is 5.96. The molecule has 0 aliphatic carbocycles. The molecule has 0 spiro atoms. The molecule has 0 radical (unpaired) electrons. The number of hydrogen-bond donors (Lipinski definition) is 0. The Labute approximate surface area is 182 Å². The Morgan fingerprint density at radius 1 is 1.27 bits per heavy atom. The molecule has 1 fully saturated rings. The van der Waals surface area contributed by atoms with Crippen LogP contribution in [0, 0.1) is 6.92 Å². The average molecular weight is 466 g/mol. The zero-order valence-corrected chi connectivity index (χ0v) is 18.2. The summed E-state index contributed by atoms with van der Waals surface area (Å²) in [7, 11) is 1.94. The zero-order valence-electron chi connectivity index (χ0n) is 16.6. The highest BCUT2D eigenvalue weighted by molar-refractivity contribution is 9.10. The molecule has 1 aromatic heterocycles. The van der Waals surface area contributed by atoms with Crippen LogP contribution in [0.1, 0.15) is 34.0 Å². The minimum atomic E-state index is -0.399. The maximum Gasteiger partial charge on any atom is 0.147 e. The molecule has 0 N–H and O–H groups in total. The Kier molecular flexibility index (Phi) is 4.60. The number of nitrogens with zero attached hydrogens (tertiary/aromatic N) is 3. The van der Waals surface area contributed by atoms with Gasteiger partial charge in [-0.2, -0.15) is 0 Å². The van der Waals surface area contributed by atoms with E-state index in [-0.39, 0.29) is 5.41 Å². The fourth-order valence-corrected chi connectivity index (χ4v) is 4.94. The monoisotopic (exact) mass is 465 g/mol. The number of aryl methyl sites for hydroxylation is 2. The highest BCUT2D eigenvalue weighted by Crippen LogP contribution is 2.44. The zero-order chi connectivity index (χ0) is 20.9. The summed E-state index contributed by atoms with van der Waals surface area (Å²) in [4.78, 5) is 12.2. The van der Waals surface area contributed by atoms with Gasteiger partial charge >= 0.3 is 0 Å². The lowest BCUT2D eigenvalue weighted by Crippen LogP contribution is -2.49. The van der Waals surface area contributed by atoms with Crippen LogP contribution >= 0.6 is 15.9 Å². The van der Waals surface area contributed by atoms with Crippen molar-refractivity contribution in [2.75, 3.05) is 13.2 Å². The molecule has 1 saturated heterocycles. The SMILES string of the molecule is Cc1cc(Br)cc2c1OC=C(c1cccc(C3(c4nncn4C)COC3)c1)C2C=O. The van der Waals surface area contributed by atoms with Crippen LogP contribution in [0.25, 0.3) is 5.57 Å². The van der Waals surface area contributed by atoms with Crippen LogP contribution in [0.5, 0.6) is 5.75 Å². The number of fused-ring (bicyclic) bond motifs is 1. The lowest BCUT2D eigenvalue weighted by atomic mass is 9.76. The number of benzene rings is 2. The van der Waals surface area contributed by atoms with Crippen molar-refractivity contribution in [3.63, 3.8) is 0 Å². The fourth-order valence-electron chi connectivity index (χ4n) is 4.35. The van der Waals surface area contributed by atoms with Crippen molar-refractivity contribution in [3.8, 4) is 5.75 Å². The Morgan fingerprint density at radius 2 is 2.10 bits per heavy atom. The molecule has 2 aromatic carbocycles. The second-order valence-electron chi connectivity index (χ2n) is 7.87. The van der Waals surface area contributed by atoms with Crippen LogP contribution in [0.4, 0.5) is 0 Å². The molecule has 0 amide bonds. The molecule has 1 atom stereocenters. The Balaban J connectivity index is 1.59. The van der Waals surface area contributed by atoms with E-state index in [1.54, 1.807) is 12.6 Å². The quantitative estimate of drug-likeness (QED) is 0.546. The second-order valence-corrected chi connectivity index (χ2v) is 8.78. The first-order chi connectivity index (χ1) is 14.5. The first-order valence-electron chi connectivity index (χ1n) is 9.69. The number of carbonyl (C=O) groups is 1. The average Bonchev–Trinajstić information content (AvgIpc) is 3.12. The number of rotatable bonds is 4. The molecule has 5 rings (SSSR count). The van der Waals surface area contributed by atoms with Crippen LogP contribution in [-0.4, -0.2) is 34.3 Å². The van der Waals surface area contributed by atoms with E-state index in [2.05, 4.69) is 38.3 Å². The van der Waals surface area contributed by atoms with E-state index in [0.717, 1.165) is 50.2 Å². The number of halogens is 1. The van der Waals surface area contributed by atoms with Gasteiger partial charge < -0.3 is 18.8 Å². The highest BCUT2D eigenvalue weighted by Gasteiger charge is 2.46. The van der Waals surface area contributed by atoms with E-state index >= 15 is 0 Å². The number of aldehydes is 1. The van der Waals surface area contributed by atoms with Gasteiger partial charge in [0.1, 0.15) is 29.6 Å². The summed E-state index contributed by atoms with van der Waals surface area (Å²) in [5.41, 5.74) is 4.39. The van der Waals surface area contributed by atoms with Crippen molar-refractivity contribution < 1.29 is 14.3 Å². The van der Waals surface area contributed by atoms with Gasteiger partial charge in [-0.25, -0.2) is 0 Å². The summed E-state index contributed by atoms with van der Waals surface area (Å²) in [6, 6.07) is 12.1. The lowest BCUT2D eigenvalue weighted by molar-refractivity contribution is -0.108. The van der Waals surface area contributed by atoms with Crippen LogP contribution in [0.3, 0.4) is 0 Å². The predicted molar refractivity (Wildman–Crippen MR) is 115 cm³/mol. The first kappa shape index (κ1) is 19.2. The summed E-state index contributed by atoms with van der Waals surface area (Å²) in [6.07, 6.45) is 4.39. The second kappa shape index (κ2) is 7.18. The van der Waals surface area contributed by atoms with Crippen molar-refractivity contribution in [1.82, 2.24) is 14.8 Å². The van der Waals surface area contributed by atoms with Crippen molar-refractivity contribution in [3.05, 3.63) is 81.5 Å². The van der Waals surface area contributed by atoms with E-state index in [4.69, 9.17) is 9.47 Å². The van der Waals surface area contributed by atoms with Crippen LogP contribution in [0.15, 0.2) is 53.5 Å². The van der Waals surface area contributed by atoms with E-state index in [1.807, 2.05) is 42.8 Å². The fraction of sp³-hybridized carbons (Fsp3) is 0.261. The molecule has 2 aliphatic rings. The van der Waals surface area contributed by atoms with Gasteiger partial charge in [0.05, 0.1) is 25.4 Å². The Hall–Kier alpha value is -2.77. The number of aromatic nitrogens is 3. The van der Waals surface area contributed by atoms with Crippen molar-refractivity contribution in [2.45, 2.75) is 18.3 Å². The van der Waals surface area contributed by atoms with Crippen LogP contribution in [0.2, 0.25) is 0 Å². The topological polar surface area (TPSA) is 66.2 Å². The van der Waals surface area contributed by atoms with Crippen molar-refractivity contribution in [1.29, 1.82) is 0 Å². The summed E-state index contributed by atoms with van der Waals surface area (Å²) >= 11 is 3.54. The number of hydrogen-bond acceptors (Lipinski definition) is 5. The van der Waals surface area contributed by atoms with E-state index in [1.165, 1.54) is 0 Å². The number of ether oxygens (including phenoxy) is 2. The van der Waals surface area contributed by atoms with Gasteiger partial charge in [-0.3, -0.25) is 0 Å². The molecule has 0 bridgehead atoms. The predicted octanol–water partition coefficient (Wildman–Crippen LogP) is 3.92. The normalized spacial score (nSPS) is 19.3. The first-order valence-corrected chi connectivity index (χ1v) is 10.5. The number of carbonyl (C=O) groups excluding carboxylic acids is 1. The van der Waals surface area contributed by atoms with Gasteiger partial charge in [0.2, 0.25) is 0 Å². The molecule has 6 nitrogen and oxygen atoms in total.